The van der Waals surface area contributed by atoms with Crippen molar-refractivity contribution in [2.24, 2.45) is 0 Å². The van der Waals surface area contributed by atoms with Crippen molar-refractivity contribution in [3.63, 3.8) is 0 Å². The minimum absolute atomic E-state index is 0.0189. The predicted molar refractivity (Wildman–Crippen MR) is 276 cm³/mol. The van der Waals surface area contributed by atoms with E-state index in [4.69, 9.17) is 14.2 Å². The molecule has 8 nitrogen and oxygen atoms in total. The molecule has 8 heteroatoms. The van der Waals surface area contributed by atoms with Crippen molar-refractivity contribution in [3.05, 3.63) is 158 Å². The molecule has 0 aliphatic heterocycles. The van der Waals surface area contributed by atoms with Crippen molar-refractivity contribution in [1.82, 2.24) is 0 Å². The lowest BCUT2D eigenvalue weighted by Crippen LogP contribution is -2.55. The van der Waals surface area contributed by atoms with Gasteiger partial charge in [-0.05, 0) is 103 Å². The third-order valence-corrected chi connectivity index (χ3v) is 9.67. The van der Waals surface area contributed by atoms with Gasteiger partial charge < -0.3 is 28.6 Å². The van der Waals surface area contributed by atoms with E-state index in [9.17, 15) is 19.5 Å². The molecule has 0 rings (SSSR count). The third kappa shape index (κ3) is 44.2. The van der Waals surface area contributed by atoms with E-state index in [1.807, 2.05) is 12.2 Å². The highest BCUT2D eigenvalue weighted by Gasteiger charge is 2.25. The number of carboxylic acids is 1. The Morgan fingerprint density at radius 2 is 0.803 bits per heavy atom. The van der Waals surface area contributed by atoms with Gasteiger partial charge in [0.1, 0.15) is 12.6 Å². The van der Waals surface area contributed by atoms with Crippen molar-refractivity contribution in [2.45, 2.75) is 148 Å². The lowest BCUT2D eigenvalue weighted by atomic mass is 10.1. The van der Waals surface area contributed by atoms with E-state index in [1.165, 1.54) is 0 Å². The highest BCUT2D eigenvalue weighted by Crippen LogP contribution is 2.10. The Morgan fingerprint density at radius 1 is 0.455 bits per heavy atom. The number of carbonyl (C=O) groups excluding carboxylic acids is 3. The molecule has 0 heterocycles. The molecule has 0 fully saturated rings. The Labute approximate surface area is 401 Å². The summed E-state index contributed by atoms with van der Waals surface area (Å²) in [6, 6.07) is -0.759. The first kappa shape index (κ1) is 60.9. The first-order valence-electron chi connectivity index (χ1n) is 24.5. The van der Waals surface area contributed by atoms with Crippen molar-refractivity contribution in [3.8, 4) is 0 Å². The number of quaternary nitrogens is 1. The summed E-state index contributed by atoms with van der Waals surface area (Å²) in [6.07, 6.45) is 70.1. The van der Waals surface area contributed by atoms with E-state index in [-0.39, 0.29) is 43.6 Å². The average molecular weight is 910 g/mol. The molecular formula is C58H87NO7. The molecule has 0 bridgehead atoms. The van der Waals surface area contributed by atoms with Crippen LogP contribution in [0.4, 0.5) is 0 Å². The molecule has 0 aromatic rings. The van der Waals surface area contributed by atoms with Crippen LogP contribution in [0.15, 0.2) is 158 Å². The van der Waals surface area contributed by atoms with E-state index in [0.717, 1.165) is 89.9 Å². The van der Waals surface area contributed by atoms with Gasteiger partial charge in [-0.25, -0.2) is 0 Å². The van der Waals surface area contributed by atoms with E-state index in [0.29, 0.717) is 12.8 Å². The molecule has 366 valence electrons. The summed E-state index contributed by atoms with van der Waals surface area (Å²) in [4.78, 5) is 36.9. The second-order valence-corrected chi connectivity index (χ2v) is 16.6. The number of esters is 2. The molecule has 0 radical (unpaired) electrons. The number of carbonyl (C=O) groups is 3. The molecule has 0 aliphatic carbocycles. The second-order valence-electron chi connectivity index (χ2n) is 16.6. The van der Waals surface area contributed by atoms with Crippen molar-refractivity contribution in [2.75, 3.05) is 41.0 Å². The monoisotopic (exact) mass is 910 g/mol. The van der Waals surface area contributed by atoms with Crippen LogP contribution >= 0.6 is 0 Å². The quantitative estimate of drug-likeness (QED) is 0.0260. The Hall–Kier alpha value is -5.05. The van der Waals surface area contributed by atoms with Gasteiger partial charge >= 0.3 is 11.9 Å². The van der Waals surface area contributed by atoms with Crippen LogP contribution < -0.4 is 5.11 Å². The molecule has 0 N–H and O–H groups in total. The molecule has 66 heavy (non-hydrogen) atoms. The van der Waals surface area contributed by atoms with Gasteiger partial charge in [0.15, 0.2) is 6.10 Å². The van der Waals surface area contributed by atoms with E-state index in [2.05, 4.69) is 160 Å². The molecule has 0 saturated heterocycles. The summed E-state index contributed by atoms with van der Waals surface area (Å²) in [5.41, 5.74) is 0. The second kappa shape index (κ2) is 46.5. The van der Waals surface area contributed by atoms with Crippen molar-refractivity contribution >= 4 is 17.9 Å². The lowest BCUT2D eigenvalue weighted by molar-refractivity contribution is -0.889. The van der Waals surface area contributed by atoms with E-state index < -0.39 is 30.1 Å². The van der Waals surface area contributed by atoms with Gasteiger partial charge in [-0.3, -0.25) is 9.59 Å². The Morgan fingerprint density at radius 3 is 1.15 bits per heavy atom. The number of allylic oxidation sites excluding steroid dienone is 26. The number of ether oxygens (including phenoxy) is 3. The smallest absolute Gasteiger partial charge is 0.306 e. The summed E-state index contributed by atoms with van der Waals surface area (Å²) in [5, 5.41) is 11.7. The summed E-state index contributed by atoms with van der Waals surface area (Å²) < 4.78 is 17.0. The molecule has 0 aromatic carbocycles. The Balaban J connectivity index is 4.55. The molecule has 0 saturated carbocycles. The fourth-order valence-electron chi connectivity index (χ4n) is 5.97. The molecule has 0 spiro atoms. The largest absolute Gasteiger partial charge is 0.544 e. The van der Waals surface area contributed by atoms with Gasteiger partial charge in [0.2, 0.25) is 0 Å². The normalized spacial score (nSPS) is 14.3. The van der Waals surface area contributed by atoms with Gasteiger partial charge in [-0.2, -0.15) is 0 Å². The van der Waals surface area contributed by atoms with Crippen molar-refractivity contribution in [1.29, 1.82) is 0 Å². The summed E-state index contributed by atoms with van der Waals surface area (Å²) in [6.45, 7) is 4.26. The summed E-state index contributed by atoms with van der Waals surface area (Å²) in [5.74, 6) is -1.95. The molecule has 2 atom stereocenters. The fraction of sp³-hybridized carbons (Fsp3) is 0.500. The third-order valence-electron chi connectivity index (χ3n) is 9.67. The van der Waals surface area contributed by atoms with Crippen molar-refractivity contribution < 1.29 is 38.2 Å². The molecule has 2 unspecified atom stereocenters. The zero-order chi connectivity index (χ0) is 48.4. The van der Waals surface area contributed by atoms with Crippen LogP contribution in [0.2, 0.25) is 0 Å². The lowest BCUT2D eigenvalue weighted by Gasteiger charge is -2.34. The average Bonchev–Trinajstić information content (AvgIpc) is 3.28. The van der Waals surface area contributed by atoms with Gasteiger partial charge in [-0.15, -0.1) is 0 Å². The number of hydrogen-bond donors (Lipinski definition) is 0. The SMILES string of the molecule is CC/C=C/C/C=C/C/C=C/C/C=C/C/C=C/C/C=C/C/C=C/CCCC(=O)OC(COCCC(C(=O)[O-])[N+](C)(C)C)COC(=O)CC/C=C/C/C=C/C/C=C/C/C=C/C/C=C/C/C=C/CC. The minimum atomic E-state index is -1.15. The maximum atomic E-state index is 12.8. The maximum absolute atomic E-state index is 12.8. The Kier molecular flexibility index (Phi) is 42.9. The van der Waals surface area contributed by atoms with Crippen LogP contribution in [0, 0.1) is 0 Å². The predicted octanol–water partition coefficient (Wildman–Crippen LogP) is 13.0. The summed E-state index contributed by atoms with van der Waals surface area (Å²) >= 11 is 0. The number of aliphatic carboxylic acids is 1. The first-order valence-corrected chi connectivity index (χ1v) is 24.5. The van der Waals surface area contributed by atoms with Gasteiger partial charge in [0.05, 0.1) is 40.3 Å². The Bertz CT molecular complexity index is 1620. The number of carboxylic acid groups (broad SMARTS) is 1. The van der Waals surface area contributed by atoms with Crippen LogP contribution in [0.3, 0.4) is 0 Å². The molecule has 0 aliphatic rings. The van der Waals surface area contributed by atoms with Crippen LogP contribution in [0.25, 0.3) is 0 Å². The summed E-state index contributed by atoms with van der Waals surface area (Å²) in [7, 11) is 5.35. The minimum Gasteiger partial charge on any atom is -0.544 e. The fourth-order valence-corrected chi connectivity index (χ4v) is 5.97. The van der Waals surface area contributed by atoms with Crippen LogP contribution in [0.1, 0.15) is 136 Å². The number of hydrogen-bond acceptors (Lipinski definition) is 7. The molecule has 0 aromatic heterocycles. The number of likely N-dealkylation sites (N-methyl/N-ethyl adjacent to an activating group) is 1. The molecular weight excluding hydrogens is 823 g/mol. The van der Waals surface area contributed by atoms with E-state index in [1.54, 1.807) is 21.1 Å². The first-order chi connectivity index (χ1) is 32.1. The van der Waals surface area contributed by atoms with Crippen LogP contribution in [-0.2, 0) is 28.6 Å². The highest BCUT2D eigenvalue weighted by molar-refractivity contribution is 5.70. The van der Waals surface area contributed by atoms with Gasteiger partial charge in [-0.1, -0.05) is 172 Å². The zero-order valence-corrected chi connectivity index (χ0v) is 41.5. The van der Waals surface area contributed by atoms with Gasteiger partial charge in [0.25, 0.3) is 0 Å². The highest BCUT2D eigenvalue weighted by atomic mass is 16.6. The zero-order valence-electron chi connectivity index (χ0n) is 41.5. The van der Waals surface area contributed by atoms with Crippen LogP contribution in [-0.4, -0.2) is 75.5 Å². The standard InChI is InChI=1S/C58H87NO7/c1-6-8-10-12-14-16-18-20-22-24-26-27-28-29-31-33-35-37-39-41-43-45-47-49-57(61)66-54(52-64-51-50-55(58(62)63)59(3,4)5)53-65-56(60)48-46-44-42-40-38-36-34-32-30-25-23-21-19-17-15-13-11-9-7-2/h8-11,14-17,20-23,26-27,29-32,35-38,41-44,54-55H,6-7,12-13,18-19,24-25,28,33-34,39-40,45-53H2,1-5H3/b10-8+,11-9+,16-14+,17-15+,22-20+,23-21+,27-26+,31-29+,32-30+,37-35+,38-36+,43-41+,44-42+. The number of unbranched alkanes of at least 4 members (excludes halogenated alkanes) is 1. The maximum Gasteiger partial charge on any atom is 0.306 e. The number of nitrogens with zero attached hydrogens (tertiary/aromatic N) is 1. The number of rotatable bonds is 41. The van der Waals surface area contributed by atoms with Gasteiger partial charge in [0, 0.05) is 19.3 Å². The topological polar surface area (TPSA) is 102 Å². The van der Waals surface area contributed by atoms with E-state index >= 15 is 0 Å². The molecule has 0 amide bonds. The van der Waals surface area contributed by atoms with Crippen LogP contribution in [0.5, 0.6) is 0 Å².